The fourth-order valence-corrected chi connectivity index (χ4v) is 0. The predicted octanol–water partition coefficient (Wildman–Crippen LogP) is 0.870. The van der Waals surface area contributed by atoms with Gasteiger partial charge in [-0.05, 0) is 6.42 Å². The molecule has 0 atom stereocenters. The predicted molar refractivity (Wildman–Crippen MR) is 35.3 cm³/mol. The summed E-state index contributed by atoms with van der Waals surface area (Å²) in [5, 5.41) is 15.6. The monoisotopic (exact) mass is 134 g/mol. The largest absolute Gasteiger partial charge is 0.481 e. The minimum absolute atomic E-state index is 0.222. The molecule has 0 aliphatic rings. The number of carbonyl (C=O) groups is 1. The van der Waals surface area contributed by atoms with Crippen LogP contribution in [0.2, 0.25) is 0 Å². The molecule has 0 saturated heterocycles. The molecule has 0 amide bonds. The van der Waals surface area contributed by atoms with E-state index >= 15 is 0 Å². The summed E-state index contributed by atoms with van der Waals surface area (Å²) < 4.78 is 0. The van der Waals surface area contributed by atoms with Gasteiger partial charge in [0.15, 0.2) is 0 Å². The van der Waals surface area contributed by atoms with Gasteiger partial charge in [-0.15, -0.1) is 0 Å². The molecule has 0 spiro atoms. The average Bonchev–Trinajstić information content (AvgIpc) is 1.89. The van der Waals surface area contributed by atoms with Crippen LogP contribution in [0.1, 0.15) is 26.7 Å². The van der Waals surface area contributed by atoms with Crippen molar-refractivity contribution in [2.24, 2.45) is 0 Å². The Balaban J connectivity index is 0. The van der Waals surface area contributed by atoms with E-state index in [0.29, 0.717) is 6.61 Å². The van der Waals surface area contributed by atoms with Crippen LogP contribution < -0.4 is 0 Å². The molecule has 0 aliphatic carbocycles. The van der Waals surface area contributed by atoms with Gasteiger partial charge in [-0.1, -0.05) is 13.8 Å². The summed E-state index contributed by atoms with van der Waals surface area (Å²) in [6.45, 7) is 3.85. The number of hydrogen-bond donors (Lipinski definition) is 2. The van der Waals surface area contributed by atoms with Gasteiger partial charge in [0.25, 0.3) is 0 Å². The van der Waals surface area contributed by atoms with Crippen LogP contribution in [0.3, 0.4) is 0 Å². The molecule has 0 fully saturated rings. The molecule has 0 radical (unpaired) electrons. The molecular formula is C6H14O3. The Morgan fingerprint density at radius 2 is 1.67 bits per heavy atom. The minimum Gasteiger partial charge on any atom is -0.481 e. The number of aliphatic carboxylic acids is 1. The van der Waals surface area contributed by atoms with Crippen LogP contribution in [0.25, 0.3) is 0 Å². The van der Waals surface area contributed by atoms with Crippen molar-refractivity contribution in [3.63, 3.8) is 0 Å². The molecule has 3 heteroatoms. The lowest BCUT2D eigenvalue weighted by Crippen LogP contribution is -1.86. The lowest BCUT2D eigenvalue weighted by atomic mass is 10.5. The van der Waals surface area contributed by atoms with Gasteiger partial charge in [0.2, 0.25) is 0 Å². The van der Waals surface area contributed by atoms with Crippen molar-refractivity contribution in [2.75, 3.05) is 6.61 Å². The fourth-order valence-electron chi connectivity index (χ4n) is 0. The molecular weight excluding hydrogens is 120 g/mol. The summed E-state index contributed by atoms with van der Waals surface area (Å²) in [4.78, 5) is 9.37. The van der Waals surface area contributed by atoms with E-state index in [-0.39, 0.29) is 6.42 Å². The highest BCUT2D eigenvalue weighted by Crippen LogP contribution is 1.67. The van der Waals surface area contributed by atoms with Gasteiger partial charge in [0.05, 0.1) is 0 Å². The van der Waals surface area contributed by atoms with Crippen LogP contribution in [0.15, 0.2) is 0 Å². The number of hydrogen-bond acceptors (Lipinski definition) is 2. The first-order chi connectivity index (χ1) is 4.18. The van der Waals surface area contributed by atoms with E-state index in [0.717, 1.165) is 6.42 Å². The number of carboxylic acid groups (broad SMARTS) is 1. The van der Waals surface area contributed by atoms with Crippen molar-refractivity contribution in [2.45, 2.75) is 26.7 Å². The van der Waals surface area contributed by atoms with Crippen LogP contribution >= 0.6 is 0 Å². The summed E-state index contributed by atoms with van der Waals surface area (Å²) >= 11 is 0. The zero-order chi connectivity index (χ0) is 7.70. The number of aliphatic hydroxyl groups is 1. The second-order valence-electron chi connectivity index (χ2n) is 1.47. The van der Waals surface area contributed by atoms with Gasteiger partial charge in [-0.2, -0.15) is 0 Å². The fraction of sp³-hybridized carbons (Fsp3) is 0.833. The summed E-state index contributed by atoms with van der Waals surface area (Å²) in [6, 6.07) is 0. The van der Waals surface area contributed by atoms with Gasteiger partial charge < -0.3 is 10.2 Å². The second kappa shape index (κ2) is 10.4. The molecule has 56 valence electrons. The average molecular weight is 134 g/mol. The zero-order valence-corrected chi connectivity index (χ0v) is 5.92. The quantitative estimate of drug-likeness (QED) is 0.589. The molecule has 0 aromatic rings. The van der Waals surface area contributed by atoms with E-state index < -0.39 is 5.97 Å². The third kappa shape index (κ3) is 37.1. The Kier molecular flexibility index (Phi) is 13.0. The van der Waals surface area contributed by atoms with Crippen molar-refractivity contribution in [1.82, 2.24) is 0 Å². The van der Waals surface area contributed by atoms with Gasteiger partial charge >= 0.3 is 5.97 Å². The summed E-state index contributed by atoms with van der Waals surface area (Å²) in [5.41, 5.74) is 0. The number of rotatable bonds is 2. The van der Waals surface area contributed by atoms with Gasteiger partial charge in [-0.3, -0.25) is 4.79 Å². The molecule has 0 bridgehead atoms. The highest BCUT2D eigenvalue weighted by molar-refractivity contribution is 5.66. The molecule has 2 N–H and O–H groups in total. The normalized spacial score (nSPS) is 7.44. The molecule has 0 saturated carbocycles. The molecule has 0 aromatic heterocycles. The van der Waals surface area contributed by atoms with Gasteiger partial charge in [-0.25, -0.2) is 0 Å². The molecule has 3 nitrogen and oxygen atoms in total. The van der Waals surface area contributed by atoms with Crippen molar-refractivity contribution < 1.29 is 15.0 Å². The van der Waals surface area contributed by atoms with Crippen LogP contribution in [0, 0.1) is 0 Å². The van der Waals surface area contributed by atoms with Crippen LogP contribution in [0.4, 0.5) is 0 Å². The molecule has 0 rings (SSSR count). The lowest BCUT2D eigenvalue weighted by Gasteiger charge is -1.71. The first-order valence-electron chi connectivity index (χ1n) is 3.01. The molecule has 9 heavy (non-hydrogen) atoms. The van der Waals surface area contributed by atoms with E-state index in [9.17, 15) is 4.79 Å². The van der Waals surface area contributed by atoms with E-state index in [1.165, 1.54) is 0 Å². The van der Waals surface area contributed by atoms with E-state index in [1.807, 2.05) is 6.92 Å². The van der Waals surface area contributed by atoms with Crippen molar-refractivity contribution in [1.29, 1.82) is 0 Å². The van der Waals surface area contributed by atoms with Crippen LogP contribution in [-0.2, 0) is 4.79 Å². The van der Waals surface area contributed by atoms with Crippen molar-refractivity contribution in [3.05, 3.63) is 0 Å². The number of aliphatic hydroxyl groups excluding tert-OH is 1. The maximum atomic E-state index is 9.37. The SMILES string of the molecule is CCC(=O)O.CCCO. The molecule has 0 aromatic carbocycles. The third-order valence-electron chi connectivity index (χ3n) is 0.526. The molecule has 0 unspecified atom stereocenters. The Labute approximate surface area is 55.3 Å². The second-order valence-corrected chi connectivity index (χ2v) is 1.47. The zero-order valence-electron chi connectivity index (χ0n) is 5.92. The van der Waals surface area contributed by atoms with E-state index in [2.05, 4.69) is 0 Å². The Bertz CT molecular complexity index is 59.3. The van der Waals surface area contributed by atoms with Gasteiger partial charge in [0, 0.05) is 13.0 Å². The van der Waals surface area contributed by atoms with Crippen molar-refractivity contribution in [3.8, 4) is 0 Å². The van der Waals surface area contributed by atoms with E-state index in [4.69, 9.17) is 10.2 Å². The number of carboxylic acids is 1. The highest BCUT2D eigenvalue weighted by Gasteiger charge is 1.80. The maximum Gasteiger partial charge on any atom is 0.303 e. The summed E-state index contributed by atoms with van der Waals surface area (Å²) in [7, 11) is 0. The smallest absolute Gasteiger partial charge is 0.303 e. The van der Waals surface area contributed by atoms with E-state index in [1.54, 1.807) is 6.92 Å². The Morgan fingerprint density at radius 3 is 1.67 bits per heavy atom. The Hall–Kier alpha value is -0.570. The first kappa shape index (κ1) is 11.3. The molecule has 0 heterocycles. The van der Waals surface area contributed by atoms with Crippen LogP contribution in [0.5, 0.6) is 0 Å². The maximum absolute atomic E-state index is 9.37. The van der Waals surface area contributed by atoms with Crippen LogP contribution in [-0.4, -0.2) is 22.8 Å². The first-order valence-corrected chi connectivity index (χ1v) is 3.01. The van der Waals surface area contributed by atoms with Gasteiger partial charge in [0.1, 0.15) is 0 Å². The summed E-state index contributed by atoms with van der Waals surface area (Å²) in [5.74, 6) is -0.745. The Morgan fingerprint density at radius 1 is 1.44 bits per heavy atom. The lowest BCUT2D eigenvalue weighted by molar-refractivity contribution is -0.136. The molecule has 0 aliphatic heterocycles. The minimum atomic E-state index is -0.745. The standard InChI is InChI=1S/C3H6O2.C3H8O/c1-2-3(4)5;1-2-3-4/h2H2,1H3,(H,4,5);4H,2-3H2,1H3. The topological polar surface area (TPSA) is 57.5 Å². The third-order valence-corrected chi connectivity index (χ3v) is 0.526. The van der Waals surface area contributed by atoms with Crippen molar-refractivity contribution >= 4 is 5.97 Å². The highest BCUT2D eigenvalue weighted by atomic mass is 16.4. The summed E-state index contributed by atoms with van der Waals surface area (Å²) in [6.07, 6.45) is 1.10.